The van der Waals surface area contributed by atoms with Crippen molar-refractivity contribution in [2.45, 2.75) is 13.8 Å². The zero-order chi connectivity index (χ0) is 8.15. The predicted molar refractivity (Wildman–Crippen MR) is 44.4 cm³/mol. The fourth-order valence-corrected chi connectivity index (χ4v) is 0.492. The molecule has 56 valence electrons. The summed E-state index contributed by atoms with van der Waals surface area (Å²) in [6.45, 7) is 6.95. The average Bonchev–Trinajstić information content (AvgIpc) is 1.87. The van der Waals surface area contributed by atoms with Crippen molar-refractivity contribution < 1.29 is 0 Å². The molecule has 3 heteroatoms. The van der Waals surface area contributed by atoms with Crippen LogP contribution in [0, 0.1) is 0 Å². The third-order valence-corrected chi connectivity index (χ3v) is 1.10. The molecule has 0 spiro atoms. The molecule has 0 unspecified atom stereocenters. The molecular formula is C7H13N3. The minimum atomic E-state index is 0.528. The Kier molecular flexibility index (Phi) is 3.25. The van der Waals surface area contributed by atoms with Gasteiger partial charge in [0.05, 0.1) is 11.4 Å². The summed E-state index contributed by atoms with van der Waals surface area (Å²) in [4.78, 5) is 3.86. The Bertz CT molecular complexity index is 185. The van der Waals surface area contributed by atoms with Gasteiger partial charge in [-0.25, -0.2) is 0 Å². The summed E-state index contributed by atoms with van der Waals surface area (Å²) < 4.78 is 0. The maximum Gasteiger partial charge on any atom is 0.0717 e. The molecule has 0 fully saturated rings. The molecule has 0 rings (SSSR count). The Morgan fingerprint density at radius 3 is 2.20 bits per heavy atom. The average molecular weight is 139 g/mol. The maximum atomic E-state index is 5.52. The molecule has 0 aromatic carbocycles. The van der Waals surface area contributed by atoms with Gasteiger partial charge in [0, 0.05) is 11.9 Å². The van der Waals surface area contributed by atoms with Crippen LogP contribution in [-0.4, -0.2) is 5.71 Å². The molecule has 0 atom stereocenters. The fraction of sp³-hybridized carbons (Fsp3) is 0.286. The van der Waals surface area contributed by atoms with Gasteiger partial charge in [0.1, 0.15) is 0 Å². The minimum Gasteiger partial charge on any atom is -0.401 e. The lowest BCUT2D eigenvalue weighted by atomic mass is 10.2. The molecule has 0 radical (unpaired) electrons. The molecule has 3 nitrogen and oxygen atoms in total. The van der Waals surface area contributed by atoms with Gasteiger partial charge in [-0.05, 0) is 13.8 Å². The van der Waals surface area contributed by atoms with Crippen molar-refractivity contribution in [1.82, 2.24) is 0 Å². The van der Waals surface area contributed by atoms with Crippen molar-refractivity contribution in [3.63, 3.8) is 0 Å². The first-order chi connectivity index (χ1) is 4.59. The third-order valence-electron chi connectivity index (χ3n) is 1.10. The molecule has 0 aromatic rings. The van der Waals surface area contributed by atoms with Crippen LogP contribution in [0.15, 0.2) is 29.2 Å². The summed E-state index contributed by atoms with van der Waals surface area (Å²) in [6.07, 6.45) is 1.44. The van der Waals surface area contributed by atoms with E-state index in [1.165, 1.54) is 6.20 Å². The van der Waals surface area contributed by atoms with Gasteiger partial charge >= 0.3 is 0 Å². The highest BCUT2D eigenvalue weighted by Crippen LogP contribution is 1.93. The van der Waals surface area contributed by atoms with E-state index in [9.17, 15) is 0 Å². The summed E-state index contributed by atoms with van der Waals surface area (Å²) in [5.41, 5.74) is 12.7. The zero-order valence-corrected chi connectivity index (χ0v) is 6.39. The van der Waals surface area contributed by atoms with Crippen LogP contribution in [0.25, 0.3) is 0 Å². The van der Waals surface area contributed by atoms with Crippen LogP contribution in [0.4, 0.5) is 0 Å². The van der Waals surface area contributed by atoms with Gasteiger partial charge in [-0.1, -0.05) is 6.58 Å². The first-order valence-electron chi connectivity index (χ1n) is 2.97. The fourth-order valence-electron chi connectivity index (χ4n) is 0.492. The van der Waals surface area contributed by atoms with Gasteiger partial charge in [-0.2, -0.15) is 0 Å². The van der Waals surface area contributed by atoms with Crippen LogP contribution in [0.5, 0.6) is 0 Å². The van der Waals surface area contributed by atoms with E-state index in [1.54, 1.807) is 13.8 Å². The number of rotatable bonds is 2. The number of nitrogens with zero attached hydrogens (tertiary/aromatic N) is 1. The van der Waals surface area contributed by atoms with E-state index in [-0.39, 0.29) is 0 Å². The van der Waals surface area contributed by atoms with Crippen LogP contribution in [0.3, 0.4) is 0 Å². The Labute approximate surface area is 61.1 Å². The highest BCUT2D eigenvalue weighted by Gasteiger charge is 1.95. The highest BCUT2D eigenvalue weighted by atomic mass is 14.8. The van der Waals surface area contributed by atoms with Gasteiger partial charge in [-0.3, -0.25) is 4.99 Å². The Morgan fingerprint density at radius 1 is 1.40 bits per heavy atom. The zero-order valence-electron chi connectivity index (χ0n) is 6.39. The molecule has 0 saturated heterocycles. The van der Waals surface area contributed by atoms with Crippen LogP contribution in [0.1, 0.15) is 13.8 Å². The minimum absolute atomic E-state index is 0.528. The van der Waals surface area contributed by atoms with E-state index < -0.39 is 0 Å². The second-order valence-corrected chi connectivity index (χ2v) is 1.99. The summed E-state index contributed by atoms with van der Waals surface area (Å²) in [7, 11) is 0. The van der Waals surface area contributed by atoms with E-state index >= 15 is 0 Å². The van der Waals surface area contributed by atoms with Gasteiger partial charge in [-0.15, -0.1) is 0 Å². The SMILES string of the molecule is C=CN=C(C)C(N)=C(C)N. The Hall–Kier alpha value is -1.25. The molecule has 0 bridgehead atoms. The van der Waals surface area contributed by atoms with E-state index in [0.29, 0.717) is 17.1 Å². The predicted octanol–water partition coefficient (Wildman–Crippen LogP) is 0.740. The number of nitrogens with two attached hydrogens (primary N) is 2. The lowest BCUT2D eigenvalue weighted by molar-refractivity contribution is 1.22. The molecule has 10 heavy (non-hydrogen) atoms. The van der Waals surface area contributed by atoms with Gasteiger partial charge in [0.15, 0.2) is 0 Å². The van der Waals surface area contributed by atoms with E-state index in [4.69, 9.17) is 11.5 Å². The van der Waals surface area contributed by atoms with Gasteiger partial charge in [0.2, 0.25) is 0 Å². The monoisotopic (exact) mass is 139 g/mol. The molecule has 0 aromatic heterocycles. The van der Waals surface area contributed by atoms with Crippen molar-refractivity contribution in [3.05, 3.63) is 24.2 Å². The topological polar surface area (TPSA) is 64.4 Å². The largest absolute Gasteiger partial charge is 0.401 e. The standard InChI is InChI=1S/C7H13N3/c1-4-10-6(3)7(9)5(2)8/h4H,1,8-9H2,2-3H3. The van der Waals surface area contributed by atoms with Gasteiger partial charge < -0.3 is 11.5 Å². The summed E-state index contributed by atoms with van der Waals surface area (Å²) in [5.74, 6) is 0. The second-order valence-electron chi connectivity index (χ2n) is 1.99. The van der Waals surface area contributed by atoms with Crippen molar-refractivity contribution in [1.29, 1.82) is 0 Å². The smallest absolute Gasteiger partial charge is 0.0717 e. The first-order valence-corrected chi connectivity index (χ1v) is 2.97. The van der Waals surface area contributed by atoms with E-state index in [1.807, 2.05) is 0 Å². The molecule has 0 saturated carbocycles. The van der Waals surface area contributed by atoms with E-state index in [0.717, 1.165) is 0 Å². The van der Waals surface area contributed by atoms with Crippen molar-refractivity contribution in [2.75, 3.05) is 0 Å². The number of hydrogen-bond acceptors (Lipinski definition) is 3. The Morgan fingerprint density at radius 2 is 1.90 bits per heavy atom. The molecular weight excluding hydrogens is 126 g/mol. The van der Waals surface area contributed by atoms with Crippen LogP contribution in [-0.2, 0) is 0 Å². The summed E-state index contributed by atoms with van der Waals surface area (Å²) in [6, 6.07) is 0. The van der Waals surface area contributed by atoms with Crippen molar-refractivity contribution in [3.8, 4) is 0 Å². The molecule has 0 aliphatic heterocycles. The summed E-state index contributed by atoms with van der Waals surface area (Å²) >= 11 is 0. The van der Waals surface area contributed by atoms with Crippen LogP contribution >= 0.6 is 0 Å². The first kappa shape index (κ1) is 8.75. The Balaban J connectivity index is 4.51. The highest BCUT2D eigenvalue weighted by molar-refractivity contribution is 5.98. The van der Waals surface area contributed by atoms with Crippen molar-refractivity contribution in [2.24, 2.45) is 16.5 Å². The molecule has 0 aliphatic carbocycles. The van der Waals surface area contributed by atoms with Crippen LogP contribution in [0.2, 0.25) is 0 Å². The number of allylic oxidation sites excluding steroid dienone is 2. The molecule has 0 aliphatic rings. The molecule has 0 heterocycles. The quantitative estimate of drug-likeness (QED) is 0.554. The number of aliphatic imine (C=N–C) groups is 1. The summed E-state index contributed by atoms with van der Waals surface area (Å²) in [5, 5.41) is 0. The molecule has 0 amide bonds. The maximum absolute atomic E-state index is 5.52. The lowest BCUT2D eigenvalue weighted by Gasteiger charge is -2.00. The normalized spacial score (nSPS) is 14.4. The van der Waals surface area contributed by atoms with Gasteiger partial charge in [0.25, 0.3) is 0 Å². The lowest BCUT2D eigenvalue weighted by Crippen LogP contribution is -2.13. The van der Waals surface area contributed by atoms with E-state index in [2.05, 4.69) is 11.6 Å². The second kappa shape index (κ2) is 3.71. The molecule has 4 N–H and O–H groups in total. The number of hydrogen-bond donors (Lipinski definition) is 2. The third kappa shape index (κ3) is 2.35. The van der Waals surface area contributed by atoms with Crippen molar-refractivity contribution >= 4 is 5.71 Å². The van der Waals surface area contributed by atoms with Crippen LogP contribution < -0.4 is 11.5 Å².